The molecule has 1 aromatic rings. The Balaban J connectivity index is 2.18. The number of pyridine rings is 1. The monoisotopic (exact) mass is 231 g/mol. The third-order valence-corrected chi connectivity index (χ3v) is 3.61. The molecule has 1 atom stereocenters. The molecule has 68 valence electrons. The first-order valence-electron chi connectivity index (χ1n) is 3.88. The van der Waals surface area contributed by atoms with E-state index in [0.717, 1.165) is 16.3 Å². The van der Waals surface area contributed by atoms with Crippen molar-refractivity contribution in [2.45, 2.75) is 11.7 Å². The number of nitrogens with zero attached hydrogens (tertiary/aromatic N) is 1. The molecule has 1 nitrogen and oxygen atoms in total. The van der Waals surface area contributed by atoms with Crippen LogP contribution in [0.15, 0.2) is 28.9 Å². The van der Waals surface area contributed by atoms with Crippen molar-refractivity contribution in [3.63, 3.8) is 0 Å². The summed E-state index contributed by atoms with van der Waals surface area (Å²) in [6.45, 7) is 0. The fourth-order valence-corrected chi connectivity index (χ4v) is 2.76. The molecule has 0 saturated heterocycles. The van der Waals surface area contributed by atoms with Crippen molar-refractivity contribution in [2.24, 2.45) is 0 Å². The number of halogens is 2. The van der Waals surface area contributed by atoms with Crippen molar-refractivity contribution in [3.8, 4) is 0 Å². The van der Waals surface area contributed by atoms with Crippen molar-refractivity contribution in [1.82, 2.24) is 4.98 Å². The zero-order chi connectivity index (χ0) is 9.26. The van der Waals surface area contributed by atoms with Crippen LogP contribution in [0.25, 0.3) is 0 Å². The Labute approximate surface area is 91.1 Å². The van der Waals surface area contributed by atoms with E-state index in [1.807, 2.05) is 18.3 Å². The van der Waals surface area contributed by atoms with Crippen LogP contribution in [0.5, 0.6) is 0 Å². The fraction of sp³-hybridized carbons (Fsp3) is 0.222. The van der Waals surface area contributed by atoms with E-state index in [1.54, 1.807) is 18.0 Å². The SMILES string of the molecule is ClC1=CCC(c2cncc(Cl)c2)S1. The lowest BCUT2D eigenvalue weighted by atomic mass is 10.1. The summed E-state index contributed by atoms with van der Waals surface area (Å²) in [6.07, 6.45) is 6.47. The van der Waals surface area contributed by atoms with Crippen LogP contribution >= 0.6 is 35.0 Å². The Bertz CT molecular complexity index is 351. The van der Waals surface area contributed by atoms with Crippen LogP contribution in [0.1, 0.15) is 17.2 Å². The maximum absolute atomic E-state index is 5.87. The lowest BCUT2D eigenvalue weighted by molar-refractivity contribution is 0.976. The molecule has 0 N–H and O–H groups in total. The molecule has 1 aliphatic heterocycles. The zero-order valence-corrected chi connectivity index (χ0v) is 9.03. The average Bonchev–Trinajstić information content (AvgIpc) is 2.52. The topological polar surface area (TPSA) is 12.9 Å². The zero-order valence-electron chi connectivity index (χ0n) is 6.71. The highest BCUT2D eigenvalue weighted by Gasteiger charge is 2.18. The molecule has 0 fully saturated rings. The van der Waals surface area contributed by atoms with Crippen molar-refractivity contribution < 1.29 is 0 Å². The lowest BCUT2D eigenvalue weighted by Gasteiger charge is -2.07. The molecule has 0 aliphatic carbocycles. The van der Waals surface area contributed by atoms with Gasteiger partial charge in [-0.3, -0.25) is 4.98 Å². The molecule has 0 spiro atoms. The number of rotatable bonds is 1. The molecule has 0 radical (unpaired) electrons. The highest BCUT2D eigenvalue weighted by atomic mass is 35.5. The number of thioether (sulfide) groups is 1. The van der Waals surface area contributed by atoms with E-state index < -0.39 is 0 Å². The van der Waals surface area contributed by atoms with E-state index in [0.29, 0.717) is 10.3 Å². The van der Waals surface area contributed by atoms with Crippen LogP contribution < -0.4 is 0 Å². The van der Waals surface area contributed by atoms with Gasteiger partial charge in [-0.25, -0.2) is 0 Å². The van der Waals surface area contributed by atoms with Crippen molar-refractivity contribution >= 4 is 35.0 Å². The highest BCUT2D eigenvalue weighted by Crippen LogP contribution is 2.45. The van der Waals surface area contributed by atoms with E-state index in [4.69, 9.17) is 23.2 Å². The Morgan fingerprint density at radius 2 is 2.23 bits per heavy atom. The van der Waals surface area contributed by atoms with E-state index in [-0.39, 0.29) is 0 Å². The lowest BCUT2D eigenvalue weighted by Crippen LogP contribution is -1.89. The second kappa shape index (κ2) is 3.91. The minimum absolute atomic E-state index is 0.388. The quantitative estimate of drug-likeness (QED) is 0.725. The third-order valence-electron chi connectivity index (χ3n) is 1.85. The molecule has 0 bridgehead atoms. The number of hydrogen-bond acceptors (Lipinski definition) is 2. The summed E-state index contributed by atoms with van der Waals surface area (Å²) < 4.78 is 0.866. The summed E-state index contributed by atoms with van der Waals surface area (Å²) >= 11 is 13.4. The highest BCUT2D eigenvalue weighted by molar-refractivity contribution is 8.05. The Morgan fingerprint density at radius 1 is 1.38 bits per heavy atom. The van der Waals surface area contributed by atoms with Gasteiger partial charge in [-0.15, -0.1) is 11.8 Å². The molecular weight excluding hydrogens is 225 g/mol. The van der Waals surface area contributed by atoms with E-state index in [2.05, 4.69) is 4.98 Å². The molecule has 2 rings (SSSR count). The van der Waals surface area contributed by atoms with Gasteiger partial charge in [0, 0.05) is 17.6 Å². The van der Waals surface area contributed by atoms with Gasteiger partial charge < -0.3 is 0 Å². The maximum Gasteiger partial charge on any atom is 0.0701 e. The number of allylic oxidation sites excluding steroid dienone is 1. The van der Waals surface area contributed by atoms with Crippen LogP contribution in [0.2, 0.25) is 5.02 Å². The predicted octanol–water partition coefficient (Wildman–Crippen LogP) is 3.99. The smallest absolute Gasteiger partial charge is 0.0701 e. The molecule has 4 heteroatoms. The van der Waals surface area contributed by atoms with Crippen LogP contribution in [-0.4, -0.2) is 4.98 Å². The number of hydrogen-bond donors (Lipinski definition) is 0. The summed E-state index contributed by atoms with van der Waals surface area (Å²) in [7, 11) is 0. The first kappa shape index (κ1) is 9.38. The summed E-state index contributed by atoms with van der Waals surface area (Å²) in [4.78, 5) is 4.04. The van der Waals surface area contributed by atoms with Crippen molar-refractivity contribution in [1.29, 1.82) is 0 Å². The van der Waals surface area contributed by atoms with Gasteiger partial charge in [-0.05, 0) is 18.1 Å². The van der Waals surface area contributed by atoms with Gasteiger partial charge in [0.15, 0.2) is 0 Å². The Morgan fingerprint density at radius 3 is 2.85 bits per heavy atom. The van der Waals surface area contributed by atoms with E-state index >= 15 is 0 Å². The minimum Gasteiger partial charge on any atom is -0.263 e. The van der Waals surface area contributed by atoms with Gasteiger partial charge >= 0.3 is 0 Å². The molecule has 2 heterocycles. The Hall–Kier alpha value is -0.180. The average molecular weight is 232 g/mol. The van der Waals surface area contributed by atoms with Gasteiger partial charge in [0.1, 0.15) is 0 Å². The second-order valence-corrected chi connectivity index (χ2v) is 5.10. The number of aromatic nitrogens is 1. The van der Waals surface area contributed by atoms with Crippen LogP contribution in [0.4, 0.5) is 0 Å². The molecule has 0 amide bonds. The fourth-order valence-electron chi connectivity index (χ4n) is 1.24. The standard InChI is InChI=1S/C9H7Cl2NS/c10-7-3-6(4-12-5-7)8-1-2-9(11)13-8/h2-5,8H,1H2. The molecule has 1 aromatic heterocycles. The second-order valence-electron chi connectivity index (χ2n) is 2.79. The summed E-state index contributed by atoms with van der Waals surface area (Å²) in [5, 5.41) is 1.07. The normalized spacial score (nSPS) is 21.7. The van der Waals surface area contributed by atoms with Crippen LogP contribution in [-0.2, 0) is 0 Å². The van der Waals surface area contributed by atoms with Crippen molar-refractivity contribution in [2.75, 3.05) is 0 Å². The van der Waals surface area contributed by atoms with Crippen LogP contribution in [0, 0.1) is 0 Å². The Kier molecular flexibility index (Phi) is 2.82. The van der Waals surface area contributed by atoms with Gasteiger partial charge in [-0.2, -0.15) is 0 Å². The maximum atomic E-state index is 5.87. The molecule has 1 unspecified atom stereocenters. The van der Waals surface area contributed by atoms with Crippen LogP contribution in [0.3, 0.4) is 0 Å². The third kappa shape index (κ3) is 2.19. The largest absolute Gasteiger partial charge is 0.263 e. The van der Waals surface area contributed by atoms with Gasteiger partial charge in [0.25, 0.3) is 0 Å². The van der Waals surface area contributed by atoms with Gasteiger partial charge in [-0.1, -0.05) is 29.3 Å². The van der Waals surface area contributed by atoms with Gasteiger partial charge in [0.2, 0.25) is 0 Å². The molecule has 0 saturated carbocycles. The van der Waals surface area contributed by atoms with Crippen molar-refractivity contribution in [3.05, 3.63) is 39.5 Å². The first-order chi connectivity index (χ1) is 6.25. The van der Waals surface area contributed by atoms with E-state index in [9.17, 15) is 0 Å². The van der Waals surface area contributed by atoms with E-state index in [1.165, 1.54) is 0 Å². The van der Waals surface area contributed by atoms with Gasteiger partial charge in [0.05, 0.1) is 9.39 Å². The predicted molar refractivity (Wildman–Crippen MR) is 58.1 cm³/mol. The summed E-state index contributed by atoms with van der Waals surface area (Å²) in [6, 6.07) is 1.94. The molecule has 13 heavy (non-hydrogen) atoms. The summed E-state index contributed by atoms with van der Waals surface area (Å²) in [5.74, 6) is 0. The first-order valence-corrected chi connectivity index (χ1v) is 5.52. The summed E-state index contributed by atoms with van der Waals surface area (Å²) in [5.41, 5.74) is 1.14. The minimum atomic E-state index is 0.388. The molecule has 0 aromatic carbocycles. The molecular formula is C9H7Cl2NS. The molecule has 1 aliphatic rings.